The van der Waals surface area contributed by atoms with Crippen LogP contribution in [0.5, 0.6) is 0 Å². The first-order valence-electron chi connectivity index (χ1n) is 14.1. The number of unbranched alkanes of at least 4 members (excludes halogenated alkanes) is 3. The van der Waals surface area contributed by atoms with Gasteiger partial charge >= 0.3 is 6.09 Å². The van der Waals surface area contributed by atoms with E-state index in [0.717, 1.165) is 47.8 Å². The van der Waals surface area contributed by atoms with Gasteiger partial charge in [0, 0.05) is 17.0 Å². The monoisotopic (exact) mass is 546 g/mol. The van der Waals surface area contributed by atoms with Gasteiger partial charge in [-0.15, -0.1) is 0 Å². The summed E-state index contributed by atoms with van der Waals surface area (Å²) in [5.41, 5.74) is 8.82. The number of benzene rings is 1. The number of aromatic nitrogens is 4. The van der Waals surface area contributed by atoms with E-state index in [2.05, 4.69) is 33.4 Å². The van der Waals surface area contributed by atoms with E-state index in [1.165, 1.54) is 6.33 Å². The molecule has 0 saturated heterocycles. The maximum absolute atomic E-state index is 12.2. The predicted octanol–water partition coefficient (Wildman–Crippen LogP) is 4.84. The van der Waals surface area contributed by atoms with Crippen molar-refractivity contribution in [3.05, 3.63) is 60.0 Å². The van der Waals surface area contributed by atoms with E-state index in [4.69, 9.17) is 10.5 Å². The molecule has 5 N–H and O–H groups in total. The number of fused-ring (bicyclic) bond motifs is 2. The van der Waals surface area contributed by atoms with Crippen molar-refractivity contribution in [3.8, 4) is 0 Å². The number of aliphatic hydroxyl groups is 2. The van der Waals surface area contributed by atoms with Crippen LogP contribution in [0.1, 0.15) is 69.5 Å². The second-order valence-corrected chi connectivity index (χ2v) is 11.1. The molecular formula is C30H38N6O4. The molecule has 0 aliphatic heterocycles. The first-order valence-corrected chi connectivity index (χ1v) is 14.1. The van der Waals surface area contributed by atoms with E-state index >= 15 is 0 Å². The molecule has 1 fully saturated rings. The van der Waals surface area contributed by atoms with Crippen molar-refractivity contribution in [3.63, 3.8) is 0 Å². The number of ether oxygens (including phenoxy) is 1. The molecule has 0 spiro atoms. The third-order valence-electron chi connectivity index (χ3n) is 8.23. The lowest BCUT2D eigenvalue weighted by Gasteiger charge is -2.28. The van der Waals surface area contributed by atoms with Gasteiger partial charge in [0.05, 0.1) is 24.3 Å². The smallest absolute Gasteiger partial charge is 0.412 e. The lowest BCUT2D eigenvalue weighted by Crippen LogP contribution is -2.34. The molecule has 10 heteroatoms. The Morgan fingerprint density at radius 3 is 2.83 bits per heavy atom. The summed E-state index contributed by atoms with van der Waals surface area (Å²) in [6.45, 7) is 4.56. The van der Waals surface area contributed by atoms with Crippen LogP contribution < -0.4 is 11.1 Å². The third-order valence-corrected chi connectivity index (χ3v) is 8.23. The van der Waals surface area contributed by atoms with Crippen molar-refractivity contribution in [1.29, 1.82) is 0 Å². The molecule has 1 aliphatic rings. The van der Waals surface area contributed by atoms with Gasteiger partial charge in [0.2, 0.25) is 0 Å². The summed E-state index contributed by atoms with van der Waals surface area (Å²) < 4.78 is 6.98. The zero-order valence-electron chi connectivity index (χ0n) is 23.1. The van der Waals surface area contributed by atoms with Gasteiger partial charge in [-0.1, -0.05) is 45.2 Å². The summed E-state index contributed by atoms with van der Waals surface area (Å²) in [4.78, 5) is 20.8. The third kappa shape index (κ3) is 5.73. The van der Waals surface area contributed by atoms with E-state index < -0.39 is 23.7 Å². The first kappa shape index (κ1) is 27.8. The van der Waals surface area contributed by atoms with Gasteiger partial charge in [-0.25, -0.2) is 19.3 Å². The van der Waals surface area contributed by atoms with E-state index in [1.54, 1.807) is 10.6 Å². The molecule has 10 nitrogen and oxygen atoms in total. The number of nitrogens with one attached hydrogen (secondary N) is 1. The number of carbonyl (C=O) groups is 1. The standard InChI is InChI=1S/C30H38N6O4/c1-3-4-5-6-15-40-29(39)35-25-12-9-20-8-7-19(16-22(20)34-25)13-14-30(2)17-21(26(37)27(30)38)23-10-11-24-28(31)32-18-33-36(23)24/h7-12,16,18,21,26-27,37-38H,3-6,13-15,17H2,1-2H3,(H2,31,32,33)(H,34,35,39)/t21-,26-,27-,30-/m0/s1. The number of nitrogens with zero attached hydrogens (tertiary/aromatic N) is 4. The number of nitrogen functional groups attached to an aromatic ring is 1. The highest BCUT2D eigenvalue weighted by molar-refractivity contribution is 5.87. The molecule has 3 heterocycles. The normalized spacial score (nSPS) is 22.6. The van der Waals surface area contributed by atoms with Crippen molar-refractivity contribution >= 4 is 34.1 Å². The summed E-state index contributed by atoms with van der Waals surface area (Å²) in [5.74, 6) is 0.533. The van der Waals surface area contributed by atoms with Crippen LogP contribution in [0, 0.1) is 5.41 Å². The Labute approximate surface area is 233 Å². The molecule has 3 aromatic heterocycles. The van der Waals surface area contributed by atoms with Crippen LogP contribution in [-0.2, 0) is 11.2 Å². The fourth-order valence-corrected chi connectivity index (χ4v) is 5.81. The van der Waals surface area contributed by atoms with Crippen LogP contribution in [0.4, 0.5) is 16.4 Å². The summed E-state index contributed by atoms with van der Waals surface area (Å²) in [6, 6.07) is 13.5. The second kappa shape index (κ2) is 11.8. The number of hydrogen-bond acceptors (Lipinski definition) is 8. The van der Waals surface area contributed by atoms with E-state index in [9.17, 15) is 15.0 Å². The summed E-state index contributed by atoms with van der Waals surface area (Å²) in [6.07, 6.45) is 5.24. The van der Waals surface area contributed by atoms with Crippen molar-refractivity contribution in [2.75, 3.05) is 17.7 Å². The number of pyridine rings is 1. The Kier molecular flexibility index (Phi) is 8.18. The topological polar surface area (TPSA) is 148 Å². The molecular weight excluding hydrogens is 508 g/mol. The Morgan fingerprint density at radius 2 is 2.00 bits per heavy atom. The average molecular weight is 547 g/mol. The molecule has 4 aromatic rings. The molecule has 1 aliphatic carbocycles. The largest absolute Gasteiger partial charge is 0.449 e. The highest BCUT2D eigenvalue weighted by Crippen LogP contribution is 2.49. The maximum atomic E-state index is 12.2. The van der Waals surface area contributed by atoms with Crippen LogP contribution in [0.3, 0.4) is 0 Å². The van der Waals surface area contributed by atoms with Gasteiger partial charge in [-0.3, -0.25) is 5.32 Å². The van der Waals surface area contributed by atoms with Crippen LogP contribution in [0.15, 0.2) is 48.8 Å². The Bertz CT molecular complexity index is 1490. The lowest BCUT2D eigenvalue weighted by atomic mass is 9.80. The molecule has 0 unspecified atom stereocenters. The van der Waals surface area contributed by atoms with Crippen LogP contribution in [0.2, 0.25) is 0 Å². The molecule has 4 atom stereocenters. The quantitative estimate of drug-likeness (QED) is 0.207. The Balaban J connectivity index is 1.24. The Hall–Kier alpha value is -3.76. The van der Waals surface area contributed by atoms with E-state index in [0.29, 0.717) is 43.0 Å². The molecule has 1 saturated carbocycles. The zero-order valence-corrected chi connectivity index (χ0v) is 23.1. The number of aliphatic hydroxyl groups excluding tert-OH is 2. The molecule has 5 rings (SSSR count). The molecule has 1 aromatic carbocycles. The van der Waals surface area contributed by atoms with Crippen LogP contribution in [0.25, 0.3) is 16.4 Å². The van der Waals surface area contributed by atoms with Crippen molar-refractivity contribution in [2.24, 2.45) is 5.41 Å². The molecule has 1 amide bonds. The minimum Gasteiger partial charge on any atom is -0.449 e. The second-order valence-electron chi connectivity index (χ2n) is 11.1. The number of aryl methyl sites for hydroxylation is 1. The number of amides is 1. The average Bonchev–Trinajstić information content (AvgIpc) is 3.47. The van der Waals surface area contributed by atoms with Gasteiger partial charge < -0.3 is 20.7 Å². The van der Waals surface area contributed by atoms with Crippen molar-refractivity contribution in [2.45, 2.75) is 76.9 Å². The molecule has 0 radical (unpaired) electrons. The van der Waals surface area contributed by atoms with Crippen molar-refractivity contribution in [1.82, 2.24) is 19.6 Å². The van der Waals surface area contributed by atoms with Gasteiger partial charge in [0.1, 0.15) is 17.7 Å². The summed E-state index contributed by atoms with van der Waals surface area (Å²) >= 11 is 0. The zero-order chi connectivity index (χ0) is 28.3. The SMILES string of the molecule is CCCCCCOC(=O)Nc1ccc2ccc(CC[C@@]3(C)C[C@@H](c4ccc5c(N)ncnn45)[C@H](O)[C@@H]3O)cc2n1. The Morgan fingerprint density at radius 1 is 1.18 bits per heavy atom. The molecule has 40 heavy (non-hydrogen) atoms. The fourth-order valence-electron chi connectivity index (χ4n) is 5.81. The van der Waals surface area contributed by atoms with Gasteiger partial charge in [0.15, 0.2) is 5.82 Å². The molecule has 212 valence electrons. The van der Waals surface area contributed by atoms with E-state index in [-0.39, 0.29) is 5.92 Å². The molecule has 0 bridgehead atoms. The minimum atomic E-state index is -0.919. The minimum absolute atomic E-state index is 0.282. The fraction of sp³-hybridized carbons (Fsp3) is 0.467. The maximum Gasteiger partial charge on any atom is 0.412 e. The number of hydrogen-bond donors (Lipinski definition) is 4. The van der Waals surface area contributed by atoms with Crippen molar-refractivity contribution < 1.29 is 19.7 Å². The number of carbonyl (C=O) groups excluding carboxylic acids is 1. The summed E-state index contributed by atoms with van der Waals surface area (Å²) in [7, 11) is 0. The number of anilines is 2. The number of rotatable bonds is 10. The summed E-state index contributed by atoms with van der Waals surface area (Å²) in [5, 5.41) is 30.1. The highest BCUT2D eigenvalue weighted by atomic mass is 16.5. The van der Waals surface area contributed by atoms with Gasteiger partial charge in [-0.05, 0) is 67.0 Å². The predicted molar refractivity (Wildman–Crippen MR) is 154 cm³/mol. The van der Waals surface area contributed by atoms with Crippen LogP contribution in [-0.4, -0.2) is 54.7 Å². The van der Waals surface area contributed by atoms with Crippen LogP contribution >= 0.6 is 0 Å². The number of nitrogens with two attached hydrogens (primary N) is 1. The highest BCUT2D eigenvalue weighted by Gasteiger charge is 2.50. The van der Waals surface area contributed by atoms with Gasteiger partial charge in [-0.2, -0.15) is 5.10 Å². The lowest BCUT2D eigenvalue weighted by molar-refractivity contribution is -0.0204. The first-order chi connectivity index (χ1) is 19.3. The van der Waals surface area contributed by atoms with Gasteiger partial charge in [0.25, 0.3) is 0 Å². The van der Waals surface area contributed by atoms with E-state index in [1.807, 2.05) is 37.3 Å².